The highest BCUT2D eigenvalue weighted by Gasteiger charge is 2.30. The maximum absolute atomic E-state index is 12.7. The van der Waals surface area contributed by atoms with E-state index in [2.05, 4.69) is 35.4 Å². The standard InChI is InChI=1S/C21H29N3O2/c1-14-19-16(15-8-5-6-9-17(15)23-19)11-13-24(14)18(25)10-7-12-22-20(26)21(2,3)4/h5-6,8-9,14,23H,7,10-13H2,1-4H3,(H,22,26)/t14-/m1/s1. The van der Waals surface area contributed by atoms with Gasteiger partial charge in [0.15, 0.2) is 0 Å². The number of amides is 2. The first-order valence-electron chi connectivity index (χ1n) is 9.46. The summed E-state index contributed by atoms with van der Waals surface area (Å²) in [6, 6.07) is 8.38. The van der Waals surface area contributed by atoms with Crippen molar-refractivity contribution < 1.29 is 9.59 Å². The molecule has 0 fully saturated rings. The molecular formula is C21H29N3O2. The molecule has 2 N–H and O–H groups in total. The van der Waals surface area contributed by atoms with Crippen LogP contribution in [-0.4, -0.2) is 34.8 Å². The van der Waals surface area contributed by atoms with Crippen molar-refractivity contribution in [3.8, 4) is 0 Å². The molecule has 0 radical (unpaired) electrons. The summed E-state index contributed by atoms with van der Waals surface area (Å²) in [6.07, 6.45) is 2.02. The van der Waals surface area contributed by atoms with Gasteiger partial charge in [0.1, 0.15) is 0 Å². The van der Waals surface area contributed by atoms with E-state index < -0.39 is 5.41 Å². The number of nitrogens with zero attached hydrogens (tertiary/aromatic N) is 1. The van der Waals surface area contributed by atoms with Crippen molar-refractivity contribution in [1.29, 1.82) is 0 Å². The van der Waals surface area contributed by atoms with Crippen molar-refractivity contribution in [2.75, 3.05) is 13.1 Å². The van der Waals surface area contributed by atoms with Gasteiger partial charge >= 0.3 is 0 Å². The summed E-state index contributed by atoms with van der Waals surface area (Å²) in [6.45, 7) is 9.06. The molecule has 1 aromatic heterocycles. The number of aromatic nitrogens is 1. The number of para-hydroxylation sites is 1. The number of carbonyl (C=O) groups is 2. The molecule has 0 bridgehead atoms. The van der Waals surface area contributed by atoms with Gasteiger partial charge in [-0.25, -0.2) is 0 Å². The third-order valence-electron chi connectivity index (χ3n) is 5.19. The van der Waals surface area contributed by atoms with Gasteiger partial charge in [-0.15, -0.1) is 0 Å². The average molecular weight is 355 g/mol. The van der Waals surface area contributed by atoms with Gasteiger partial charge in [0.05, 0.1) is 6.04 Å². The lowest BCUT2D eigenvalue weighted by Crippen LogP contribution is -2.39. The van der Waals surface area contributed by atoms with Crippen LogP contribution in [0.25, 0.3) is 10.9 Å². The third kappa shape index (κ3) is 3.62. The van der Waals surface area contributed by atoms with Gasteiger partial charge in [-0.05, 0) is 31.4 Å². The summed E-state index contributed by atoms with van der Waals surface area (Å²) < 4.78 is 0. The molecule has 2 amide bonds. The Morgan fingerprint density at radius 3 is 2.73 bits per heavy atom. The summed E-state index contributed by atoms with van der Waals surface area (Å²) in [5.74, 6) is 0.186. The molecule has 2 aromatic rings. The lowest BCUT2D eigenvalue weighted by molar-refractivity contribution is -0.134. The molecule has 1 aromatic carbocycles. The predicted molar refractivity (Wildman–Crippen MR) is 104 cm³/mol. The number of fused-ring (bicyclic) bond motifs is 3. The number of nitrogens with one attached hydrogen (secondary N) is 2. The number of rotatable bonds is 4. The van der Waals surface area contributed by atoms with Crippen molar-refractivity contribution in [1.82, 2.24) is 15.2 Å². The zero-order valence-electron chi connectivity index (χ0n) is 16.2. The molecule has 1 atom stereocenters. The van der Waals surface area contributed by atoms with Crippen LogP contribution in [0.15, 0.2) is 24.3 Å². The second-order valence-electron chi connectivity index (χ2n) is 8.19. The Morgan fingerprint density at radius 2 is 2.00 bits per heavy atom. The fraction of sp³-hybridized carbons (Fsp3) is 0.524. The summed E-state index contributed by atoms with van der Waals surface area (Å²) >= 11 is 0. The molecule has 0 saturated carbocycles. The van der Waals surface area contributed by atoms with Crippen molar-refractivity contribution in [2.24, 2.45) is 5.41 Å². The highest BCUT2D eigenvalue weighted by atomic mass is 16.2. The Kier molecular flexibility index (Phi) is 5.08. The van der Waals surface area contributed by atoms with Gasteiger partial charge < -0.3 is 15.2 Å². The minimum Gasteiger partial charge on any atom is -0.356 e. The molecule has 26 heavy (non-hydrogen) atoms. The Balaban J connectivity index is 1.58. The quantitative estimate of drug-likeness (QED) is 0.824. The first-order valence-corrected chi connectivity index (χ1v) is 9.46. The molecule has 1 aliphatic rings. The lowest BCUT2D eigenvalue weighted by atomic mass is 9.95. The lowest BCUT2D eigenvalue weighted by Gasteiger charge is -2.33. The summed E-state index contributed by atoms with van der Waals surface area (Å²) in [4.78, 5) is 30.0. The Hall–Kier alpha value is -2.30. The van der Waals surface area contributed by atoms with E-state index in [-0.39, 0.29) is 17.9 Å². The van der Waals surface area contributed by atoms with Gasteiger partial charge in [-0.3, -0.25) is 9.59 Å². The second kappa shape index (κ2) is 7.14. The highest BCUT2D eigenvalue weighted by Crippen LogP contribution is 2.34. The van der Waals surface area contributed by atoms with Crippen LogP contribution in [0.5, 0.6) is 0 Å². The summed E-state index contributed by atoms with van der Waals surface area (Å²) in [7, 11) is 0. The minimum atomic E-state index is -0.391. The van der Waals surface area contributed by atoms with Gasteiger partial charge in [0, 0.05) is 41.5 Å². The molecule has 0 spiro atoms. The number of carbonyl (C=O) groups excluding carboxylic acids is 2. The Bertz CT molecular complexity index is 816. The zero-order chi connectivity index (χ0) is 18.9. The van der Waals surface area contributed by atoms with E-state index in [0.717, 1.165) is 24.2 Å². The minimum absolute atomic E-state index is 0.0269. The second-order valence-corrected chi connectivity index (χ2v) is 8.19. The van der Waals surface area contributed by atoms with Crippen LogP contribution in [0.3, 0.4) is 0 Å². The van der Waals surface area contributed by atoms with Crippen molar-refractivity contribution >= 4 is 22.7 Å². The summed E-state index contributed by atoms with van der Waals surface area (Å²) in [5.41, 5.74) is 3.25. The molecule has 1 aliphatic heterocycles. The van der Waals surface area contributed by atoms with E-state index in [9.17, 15) is 9.59 Å². The molecule has 0 saturated heterocycles. The van der Waals surface area contributed by atoms with Crippen LogP contribution in [0, 0.1) is 5.41 Å². The normalized spacial score (nSPS) is 17.2. The van der Waals surface area contributed by atoms with E-state index in [1.54, 1.807) is 0 Å². The van der Waals surface area contributed by atoms with Crippen LogP contribution in [0.2, 0.25) is 0 Å². The molecular weight excluding hydrogens is 326 g/mol. The van der Waals surface area contributed by atoms with Gasteiger partial charge in [-0.2, -0.15) is 0 Å². The molecule has 0 aliphatic carbocycles. The maximum atomic E-state index is 12.7. The molecule has 5 nitrogen and oxygen atoms in total. The van der Waals surface area contributed by atoms with E-state index in [4.69, 9.17) is 0 Å². The van der Waals surface area contributed by atoms with Crippen LogP contribution in [0.1, 0.15) is 57.8 Å². The number of hydrogen-bond acceptors (Lipinski definition) is 2. The number of hydrogen-bond donors (Lipinski definition) is 2. The van der Waals surface area contributed by atoms with E-state index in [1.807, 2.05) is 31.7 Å². The third-order valence-corrected chi connectivity index (χ3v) is 5.19. The maximum Gasteiger partial charge on any atom is 0.225 e. The van der Waals surface area contributed by atoms with Crippen LogP contribution in [0.4, 0.5) is 0 Å². The first kappa shape index (κ1) is 18.5. The van der Waals surface area contributed by atoms with Gasteiger partial charge in [0.2, 0.25) is 11.8 Å². The van der Waals surface area contributed by atoms with Gasteiger partial charge in [-0.1, -0.05) is 39.0 Å². The van der Waals surface area contributed by atoms with Gasteiger partial charge in [0.25, 0.3) is 0 Å². The van der Waals surface area contributed by atoms with E-state index in [1.165, 1.54) is 10.9 Å². The topological polar surface area (TPSA) is 65.2 Å². The predicted octanol–water partition coefficient (Wildman–Crippen LogP) is 3.56. The SMILES string of the molecule is C[C@@H]1c2[nH]c3ccccc3c2CCN1C(=O)CCCNC(=O)C(C)(C)C. The Morgan fingerprint density at radius 1 is 1.27 bits per heavy atom. The number of aromatic amines is 1. The molecule has 2 heterocycles. The van der Waals surface area contributed by atoms with Crippen molar-refractivity contribution in [2.45, 2.75) is 53.0 Å². The van der Waals surface area contributed by atoms with Crippen LogP contribution < -0.4 is 5.32 Å². The first-order chi connectivity index (χ1) is 12.3. The Labute approximate surface area is 155 Å². The number of benzene rings is 1. The van der Waals surface area contributed by atoms with Crippen molar-refractivity contribution in [3.05, 3.63) is 35.5 Å². The highest BCUT2D eigenvalue weighted by molar-refractivity contribution is 5.86. The fourth-order valence-corrected chi connectivity index (χ4v) is 3.62. The number of H-pyrrole nitrogens is 1. The monoisotopic (exact) mass is 355 g/mol. The van der Waals surface area contributed by atoms with Crippen LogP contribution in [-0.2, 0) is 16.0 Å². The smallest absolute Gasteiger partial charge is 0.225 e. The molecule has 3 rings (SSSR count). The fourth-order valence-electron chi connectivity index (χ4n) is 3.62. The molecule has 140 valence electrons. The van der Waals surface area contributed by atoms with Crippen molar-refractivity contribution in [3.63, 3.8) is 0 Å². The average Bonchev–Trinajstić information content (AvgIpc) is 2.97. The molecule has 0 unspecified atom stereocenters. The van der Waals surface area contributed by atoms with Crippen LogP contribution >= 0.6 is 0 Å². The van der Waals surface area contributed by atoms with E-state index in [0.29, 0.717) is 19.4 Å². The largest absolute Gasteiger partial charge is 0.356 e. The zero-order valence-corrected chi connectivity index (χ0v) is 16.2. The van der Waals surface area contributed by atoms with E-state index >= 15 is 0 Å². The summed E-state index contributed by atoms with van der Waals surface area (Å²) in [5, 5.41) is 4.18. The molecule has 5 heteroatoms.